The van der Waals surface area contributed by atoms with Crippen molar-refractivity contribution in [1.82, 2.24) is 4.90 Å². The summed E-state index contributed by atoms with van der Waals surface area (Å²) in [5.74, 6) is -3.38. The first-order valence-corrected chi connectivity index (χ1v) is 9.86. The van der Waals surface area contributed by atoms with E-state index < -0.39 is 11.8 Å². The normalized spacial score (nSPS) is 15.9. The number of amides is 2. The van der Waals surface area contributed by atoms with Crippen molar-refractivity contribution in [3.05, 3.63) is 71.3 Å². The van der Waals surface area contributed by atoms with Gasteiger partial charge in [-0.15, -0.1) is 0 Å². The number of nitrogens with two attached hydrogens (primary N) is 1. The van der Waals surface area contributed by atoms with E-state index in [-0.39, 0.29) is 31.8 Å². The van der Waals surface area contributed by atoms with Crippen molar-refractivity contribution in [2.45, 2.75) is 25.7 Å². The Balaban J connectivity index is 1.68. The molecule has 3 aromatic rings. The summed E-state index contributed by atoms with van der Waals surface area (Å²) >= 11 is 0. The van der Waals surface area contributed by atoms with Gasteiger partial charge in [0.05, 0.1) is 0 Å². The quantitative estimate of drug-likeness (QED) is 0.678. The van der Waals surface area contributed by atoms with Gasteiger partial charge in [-0.05, 0) is 58.7 Å². The maximum atomic E-state index is 13.4. The molecule has 1 aliphatic rings. The van der Waals surface area contributed by atoms with E-state index in [1.54, 1.807) is 24.3 Å². The molecule has 0 atom stereocenters. The molecule has 6 heteroatoms. The highest BCUT2D eigenvalue weighted by Gasteiger charge is 2.35. The van der Waals surface area contributed by atoms with Crippen molar-refractivity contribution in [3.8, 4) is 11.1 Å². The van der Waals surface area contributed by atoms with Gasteiger partial charge in [-0.25, -0.2) is 8.78 Å². The van der Waals surface area contributed by atoms with Gasteiger partial charge in [0.2, 0.25) is 5.91 Å². The third-order valence-corrected chi connectivity index (χ3v) is 5.71. The van der Waals surface area contributed by atoms with Gasteiger partial charge in [-0.2, -0.15) is 0 Å². The zero-order chi connectivity index (χ0) is 21.5. The highest BCUT2D eigenvalue weighted by atomic mass is 19.3. The molecule has 1 aliphatic heterocycles. The summed E-state index contributed by atoms with van der Waals surface area (Å²) in [4.78, 5) is 25.7. The van der Waals surface area contributed by atoms with Crippen LogP contribution in [0.2, 0.25) is 0 Å². The summed E-state index contributed by atoms with van der Waals surface area (Å²) in [5.41, 5.74) is 9.20. The van der Waals surface area contributed by atoms with Crippen LogP contribution >= 0.6 is 0 Å². The number of carbonyl (C=O) groups excluding carboxylic acids is 2. The van der Waals surface area contributed by atoms with E-state index in [4.69, 9.17) is 5.73 Å². The fraction of sp³-hybridized carbons (Fsp3) is 0.250. The van der Waals surface area contributed by atoms with E-state index in [0.29, 0.717) is 11.1 Å². The van der Waals surface area contributed by atoms with E-state index in [0.717, 1.165) is 27.5 Å². The van der Waals surface area contributed by atoms with E-state index in [9.17, 15) is 18.4 Å². The molecule has 0 aromatic heterocycles. The second kappa shape index (κ2) is 7.52. The summed E-state index contributed by atoms with van der Waals surface area (Å²) in [7, 11) is 0. The van der Waals surface area contributed by atoms with Gasteiger partial charge in [-0.1, -0.05) is 30.3 Å². The van der Waals surface area contributed by atoms with Crippen molar-refractivity contribution in [1.29, 1.82) is 0 Å². The molecule has 1 heterocycles. The zero-order valence-corrected chi connectivity index (χ0v) is 16.6. The van der Waals surface area contributed by atoms with Crippen LogP contribution in [-0.4, -0.2) is 35.7 Å². The second-order valence-electron chi connectivity index (χ2n) is 7.78. The number of fused-ring (bicyclic) bond motifs is 1. The third kappa shape index (κ3) is 3.77. The van der Waals surface area contributed by atoms with Gasteiger partial charge >= 0.3 is 0 Å². The van der Waals surface area contributed by atoms with Crippen LogP contribution in [0.25, 0.3) is 21.9 Å². The molecule has 30 heavy (non-hydrogen) atoms. The minimum absolute atomic E-state index is 0.0648. The zero-order valence-electron chi connectivity index (χ0n) is 16.6. The molecule has 0 radical (unpaired) electrons. The minimum atomic E-state index is -2.68. The number of aryl methyl sites for hydroxylation is 1. The molecule has 2 N–H and O–H groups in total. The molecule has 4 nitrogen and oxygen atoms in total. The average molecular weight is 408 g/mol. The topological polar surface area (TPSA) is 63.4 Å². The van der Waals surface area contributed by atoms with Crippen LogP contribution in [0, 0.1) is 6.92 Å². The van der Waals surface area contributed by atoms with Crippen molar-refractivity contribution in [3.63, 3.8) is 0 Å². The summed E-state index contributed by atoms with van der Waals surface area (Å²) in [6, 6.07) is 16.6. The van der Waals surface area contributed by atoms with Crippen molar-refractivity contribution in [2.75, 3.05) is 13.1 Å². The predicted molar refractivity (Wildman–Crippen MR) is 113 cm³/mol. The van der Waals surface area contributed by atoms with Crippen molar-refractivity contribution < 1.29 is 18.4 Å². The Hall–Kier alpha value is -3.28. The number of rotatable bonds is 3. The first kappa shape index (κ1) is 20.0. The number of hydrogen-bond donors (Lipinski definition) is 1. The van der Waals surface area contributed by atoms with Gasteiger partial charge in [0.25, 0.3) is 11.8 Å². The third-order valence-electron chi connectivity index (χ3n) is 5.71. The molecule has 0 unspecified atom stereocenters. The Kier molecular flexibility index (Phi) is 5.02. The van der Waals surface area contributed by atoms with Gasteiger partial charge in [-0.3, -0.25) is 9.59 Å². The molecule has 0 aliphatic carbocycles. The number of alkyl halides is 2. The van der Waals surface area contributed by atoms with Crippen LogP contribution in [0.15, 0.2) is 54.6 Å². The maximum absolute atomic E-state index is 13.4. The highest BCUT2D eigenvalue weighted by molar-refractivity contribution is 6.03. The van der Waals surface area contributed by atoms with Crippen LogP contribution in [0.4, 0.5) is 8.78 Å². The Morgan fingerprint density at radius 1 is 0.933 bits per heavy atom. The maximum Gasteiger partial charge on any atom is 0.253 e. The van der Waals surface area contributed by atoms with Gasteiger partial charge < -0.3 is 10.6 Å². The van der Waals surface area contributed by atoms with Crippen LogP contribution in [-0.2, 0) is 0 Å². The lowest BCUT2D eigenvalue weighted by Crippen LogP contribution is -2.42. The number of piperidine rings is 1. The molecule has 4 rings (SSSR count). The number of hydrogen-bond acceptors (Lipinski definition) is 2. The fourth-order valence-electron chi connectivity index (χ4n) is 3.99. The molecule has 1 saturated heterocycles. The Labute approximate surface area is 173 Å². The standard InChI is InChI=1S/C24H22F2N2O2/c1-15-13-17(22(27)29)5-7-19(15)21-4-2-3-16-14-18(6-8-20(16)21)23(30)28-11-9-24(25,26)10-12-28/h2-8,13-14H,9-12H2,1H3,(H2,27,29). The van der Waals surface area contributed by atoms with Crippen LogP contribution in [0.5, 0.6) is 0 Å². The summed E-state index contributed by atoms with van der Waals surface area (Å²) in [6.45, 7) is 2.05. The summed E-state index contributed by atoms with van der Waals surface area (Å²) < 4.78 is 26.8. The average Bonchev–Trinajstić information content (AvgIpc) is 2.72. The molecule has 0 bridgehead atoms. The predicted octanol–water partition coefficient (Wildman–Crippen LogP) is 4.79. The molecule has 3 aromatic carbocycles. The number of halogens is 2. The van der Waals surface area contributed by atoms with E-state index in [1.165, 1.54) is 4.90 Å². The molecule has 1 fully saturated rings. The smallest absolute Gasteiger partial charge is 0.253 e. The number of benzene rings is 3. The Morgan fingerprint density at radius 2 is 1.63 bits per heavy atom. The molecular weight excluding hydrogens is 386 g/mol. The molecule has 154 valence electrons. The van der Waals surface area contributed by atoms with E-state index >= 15 is 0 Å². The molecule has 2 amide bonds. The second-order valence-corrected chi connectivity index (χ2v) is 7.78. The SMILES string of the molecule is Cc1cc(C(N)=O)ccc1-c1cccc2cc(C(=O)N3CCC(F)(F)CC3)ccc12. The minimum Gasteiger partial charge on any atom is -0.366 e. The van der Waals surface area contributed by atoms with Crippen molar-refractivity contribution in [2.24, 2.45) is 5.73 Å². The van der Waals surface area contributed by atoms with Gasteiger partial charge in [0.1, 0.15) is 0 Å². The highest BCUT2D eigenvalue weighted by Crippen LogP contribution is 2.33. The molecule has 0 saturated carbocycles. The largest absolute Gasteiger partial charge is 0.366 e. The Bertz CT molecular complexity index is 1150. The first-order valence-electron chi connectivity index (χ1n) is 9.86. The lowest BCUT2D eigenvalue weighted by Gasteiger charge is -2.31. The lowest BCUT2D eigenvalue weighted by atomic mass is 9.93. The summed E-state index contributed by atoms with van der Waals surface area (Å²) in [5, 5.41) is 1.85. The monoisotopic (exact) mass is 408 g/mol. The van der Waals surface area contributed by atoms with Gasteiger partial charge in [0, 0.05) is 37.1 Å². The van der Waals surface area contributed by atoms with Crippen LogP contribution in [0.3, 0.4) is 0 Å². The van der Waals surface area contributed by atoms with Crippen LogP contribution < -0.4 is 5.73 Å². The lowest BCUT2D eigenvalue weighted by molar-refractivity contribution is -0.0494. The van der Waals surface area contributed by atoms with E-state index in [1.807, 2.05) is 37.3 Å². The van der Waals surface area contributed by atoms with Gasteiger partial charge in [0.15, 0.2) is 0 Å². The number of carbonyl (C=O) groups is 2. The van der Waals surface area contributed by atoms with E-state index in [2.05, 4.69) is 0 Å². The van der Waals surface area contributed by atoms with Crippen LogP contribution in [0.1, 0.15) is 39.1 Å². The number of nitrogens with zero attached hydrogens (tertiary/aromatic N) is 1. The Morgan fingerprint density at radius 3 is 2.30 bits per heavy atom. The summed E-state index contributed by atoms with van der Waals surface area (Å²) in [6.07, 6.45) is -0.589. The number of primary amides is 1. The first-order chi connectivity index (χ1) is 14.2. The fourth-order valence-corrected chi connectivity index (χ4v) is 3.99. The van der Waals surface area contributed by atoms with Crippen molar-refractivity contribution >= 4 is 22.6 Å². The molecule has 0 spiro atoms. The molecular formula is C24H22F2N2O2. The number of likely N-dealkylation sites (tertiary alicyclic amines) is 1.